The van der Waals surface area contributed by atoms with Gasteiger partial charge in [0.25, 0.3) is 5.91 Å². The fourth-order valence-electron chi connectivity index (χ4n) is 4.17. The van der Waals surface area contributed by atoms with Crippen LogP contribution in [0.2, 0.25) is 5.02 Å². The molecule has 0 spiro atoms. The van der Waals surface area contributed by atoms with Gasteiger partial charge in [0.15, 0.2) is 5.82 Å². The average molecular weight is 550 g/mol. The van der Waals surface area contributed by atoms with Crippen LogP contribution in [0.1, 0.15) is 27.3 Å². The molecule has 0 aliphatic rings. The quantitative estimate of drug-likeness (QED) is 0.285. The van der Waals surface area contributed by atoms with E-state index in [1.165, 1.54) is 0 Å². The summed E-state index contributed by atoms with van der Waals surface area (Å²) >= 11 is 9.81. The molecule has 5 rings (SSSR count). The molecule has 7 nitrogen and oxygen atoms in total. The maximum absolute atomic E-state index is 13.5. The number of benzene rings is 2. The maximum atomic E-state index is 13.5. The number of hydrogen-bond donors (Lipinski definition) is 1. The number of nitrogens with one attached hydrogen (secondary N) is 1. The van der Waals surface area contributed by atoms with E-state index in [-0.39, 0.29) is 5.91 Å². The van der Waals surface area contributed by atoms with Crippen LogP contribution in [-0.4, -0.2) is 30.5 Å². The summed E-state index contributed by atoms with van der Waals surface area (Å²) in [4.78, 5) is 18.3. The molecule has 0 bridgehead atoms. The number of pyridine rings is 1. The molecule has 0 aliphatic carbocycles. The predicted molar refractivity (Wildman–Crippen MR) is 142 cm³/mol. The summed E-state index contributed by atoms with van der Waals surface area (Å²) in [5, 5.41) is 13.5. The highest BCUT2D eigenvalue weighted by Gasteiger charge is 2.20. The third-order valence-corrected chi connectivity index (χ3v) is 6.91. The van der Waals surface area contributed by atoms with Crippen LogP contribution in [0, 0.1) is 13.8 Å². The summed E-state index contributed by atoms with van der Waals surface area (Å²) < 4.78 is 4.24. The lowest BCUT2D eigenvalue weighted by Gasteiger charge is -2.10. The zero-order chi connectivity index (χ0) is 24.7. The first-order valence-electron chi connectivity index (χ1n) is 11.0. The maximum Gasteiger partial charge on any atom is 0.257 e. The summed E-state index contributed by atoms with van der Waals surface area (Å²) in [7, 11) is 1.90. The summed E-state index contributed by atoms with van der Waals surface area (Å²) in [6.07, 6.45) is 1.82. The van der Waals surface area contributed by atoms with Gasteiger partial charge in [-0.05, 0) is 53.5 Å². The van der Waals surface area contributed by atoms with Crippen molar-refractivity contribution in [3.63, 3.8) is 0 Å². The van der Waals surface area contributed by atoms with Crippen LogP contribution in [0.3, 0.4) is 0 Å². The van der Waals surface area contributed by atoms with Crippen molar-refractivity contribution in [3.8, 4) is 11.3 Å². The molecule has 1 amide bonds. The zero-order valence-electron chi connectivity index (χ0n) is 19.4. The smallest absolute Gasteiger partial charge is 0.257 e. The van der Waals surface area contributed by atoms with Crippen molar-refractivity contribution >= 4 is 50.2 Å². The lowest BCUT2D eigenvalue weighted by Crippen LogP contribution is -2.14. The van der Waals surface area contributed by atoms with E-state index in [4.69, 9.17) is 16.6 Å². The Morgan fingerprint density at radius 1 is 1.09 bits per heavy atom. The van der Waals surface area contributed by atoms with Crippen LogP contribution >= 0.6 is 27.5 Å². The Hall–Kier alpha value is -3.49. The van der Waals surface area contributed by atoms with E-state index in [1.807, 2.05) is 86.4 Å². The summed E-state index contributed by atoms with van der Waals surface area (Å²) in [5.74, 6) is 0.158. The Kier molecular flexibility index (Phi) is 6.17. The number of rotatable bonds is 5. The molecular weight excluding hydrogens is 528 g/mol. The standard InChI is InChI=1S/C26H22BrClN6O/c1-15-24(16(2)33(3)31-15)23-12-19(18-9-5-7-11-22(18)29-23)26(35)30-25-20(27)14-34(32-25)13-17-8-4-6-10-21(17)28/h4-12,14H,13H2,1-3H3,(H,30,32,35). The average Bonchev–Trinajstić information content (AvgIpc) is 3.30. The molecule has 3 heterocycles. The van der Waals surface area contributed by atoms with Crippen molar-refractivity contribution in [3.05, 3.63) is 92.8 Å². The van der Waals surface area contributed by atoms with Crippen LogP contribution in [0.25, 0.3) is 22.2 Å². The molecule has 2 aromatic carbocycles. The van der Waals surface area contributed by atoms with Gasteiger partial charge in [-0.2, -0.15) is 10.2 Å². The molecule has 5 aromatic rings. The Labute approximate surface area is 215 Å². The van der Waals surface area contributed by atoms with Gasteiger partial charge in [0.2, 0.25) is 0 Å². The Bertz CT molecular complexity index is 1590. The molecule has 9 heteroatoms. The third-order valence-electron chi connectivity index (χ3n) is 5.97. The number of carbonyl (C=O) groups excluding carboxylic acids is 1. The van der Waals surface area contributed by atoms with Gasteiger partial charge in [0.05, 0.1) is 33.5 Å². The number of nitrogens with zero attached hydrogens (tertiary/aromatic N) is 5. The molecular formula is C26H22BrClN6O. The van der Waals surface area contributed by atoms with Gasteiger partial charge < -0.3 is 5.32 Å². The van der Waals surface area contributed by atoms with E-state index < -0.39 is 0 Å². The molecule has 0 radical (unpaired) electrons. The van der Waals surface area contributed by atoms with Crippen molar-refractivity contribution in [2.24, 2.45) is 7.05 Å². The normalized spacial score (nSPS) is 11.2. The molecule has 0 aliphatic heterocycles. The number of hydrogen-bond acceptors (Lipinski definition) is 4. The number of fused-ring (bicyclic) bond motifs is 1. The van der Waals surface area contributed by atoms with E-state index in [0.29, 0.717) is 33.1 Å². The summed E-state index contributed by atoms with van der Waals surface area (Å²) in [6, 6.07) is 17.0. The van der Waals surface area contributed by atoms with Crippen molar-refractivity contribution < 1.29 is 4.79 Å². The summed E-state index contributed by atoms with van der Waals surface area (Å²) in [5.41, 5.74) is 5.67. The van der Waals surface area contributed by atoms with Crippen LogP contribution in [-0.2, 0) is 13.6 Å². The largest absolute Gasteiger partial charge is 0.304 e. The monoisotopic (exact) mass is 548 g/mol. The molecule has 35 heavy (non-hydrogen) atoms. The molecule has 0 atom stereocenters. The number of carbonyl (C=O) groups is 1. The topological polar surface area (TPSA) is 77.6 Å². The predicted octanol–water partition coefficient (Wildman–Crippen LogP) is 6.17. The van der Waals surface area contributed by atoms with Gasteiger partial charge in [0, 0.05) is 34.9 Å². The minimum Gasteiger partial charge on any atom is -0.304 e. The highest BCUT2D eigenvalue weighted by Crippen LogP contribution is 2.30. The summed E-state index contributed by atoms with van der Waals surface area (Å²) in [6.45, 7) is 4.42. The second kappa shape index (κ2) is 9.28. The van der Waals surface area contributed by atoms with Gasteiger partial charge in [-0.15, -0.1) is 0 Å². The van der Waals surface area contributed by atoms with E-state index in [2.05, 4.69) is 31.4 Å². The number of aryl methyl sites for hydroxylation is 2. The number of aromatic nitrogens is 5. The molecule has 0 fully saturated rings. The van der Waals surface area contributed by atoms with Crippen molar-refractivity contribution in [1.29, 1.82) is 0 Å². The fourth-order valence-corrected chi connectivity index (χ4v) is 4.78. The lowest BCUT2D eigenvalue weighted by molar-refractivity contribution is 0.102. The van der Waals surface area contributed by atoms with Gasteiger partial charge in [0.1, 0.15) is 0 Å². The number of halogens is 2. The first-order valence-corrected chi connectivity index (χ1v) is 12.2. The van der Waals surface area contributed by atoms with Gasteiger partial charge in [-0.1, -0.05) is 48.0 Å². The van der Waals surface area contributed by atoms with Crippen LogP contribution in [0.4, 0.5) is 5.82 Å². The Morgan fingerprint density at radius 2 is 1.83 bits per heavy atom. The Morgan fingerprint density at radius 3 is 2.57 bits per heavy atom. The minimum absolute atomic E-state index is 0.271. The SMILES string of the molecule is Cc1nn(C)c(C)c1-c1cc(C(=O)Nc2nn(Cc3ccccc3Cl)cc2Br)c2ccccc2n1. The highest BCUT2D eigenvalue weighted by atomic mass is 79.9. The van der Waals surface area contributed by atoms with Crippen molar-refractivity contribution in [1.82, 2.24) is 24.5 Å². The third kappa shape index (κ3) is 4.47. The molecule has 0 unspecified atom stereocenters. The van der Waals surface area contributed by atoms with Gasteiger partial charge in [-0.3, -0.25) is 14.2 Å². The van der Waals surface area contributed by atoms with Crippen molar-refractivity contribution in [2.75, 3.05) is 5.32 Å². The molecule has 3 aromatic heterocycles. The van der Waals surface area contributed by atoms with Gasteiger partial charge >= 0.3 is 0 Å². The molecule has 1 N–H and O–H groups in total. The van der Waals surface area contributed by atoms with Crippen LogP contribution in [0.15, 0.2) is 65.3 Å². The molecule has 0 saturated carbocycles. The van der Waals surface area contributed by atoms with E-state index in [9.17, 15) is 4.79 Å². The number of amides is 1. The molecule has 176 valence electrons. The number of anilines is 1. The van der Waals surface area contributed by atoms with Gasteiger partial charge in [-0.25, -0.2) is 4.98 Å². The highest BCUT2D eigenvalue weighted by molar-refractivity contribution is 9.10. The van der Waals surface area contributed by atoms with E-state index >= 15 is 0 Å². The second-order valence-electron chi connectivity index (χ2n) is 8.31. The van der Waals surface area contributed by atoms with Crippen LogP contribution in [0.5, 0.6) is 0 Å². The first kappa shape index (κ1) is 23.3. The van der Waals surface area contributed by atoms with E-state index in [1.54, 1.807) is 4.68 Å². The second-order valence-corrected chi connectivity index (χ2v) is 9.57. The van der Waals surface area contributed by atoms with Crippen LogP contribution < -0.4 is 5.32 Å². The number of para-hydroxylation sites is 1. The minimum atomic E-state index is -0.271. The van der Waals surface area contributed by atoms with Crippen molar-refractivity contribution in [2.45, 2.75) is 20.4 Å². The molecule has 0 saturated heterocycles. The zero-order valence-corrected chi connectivity index (χ0v) is 21.7. The van der Waals surface area contributed by atoms with E-state index in [0.717, 1.165) is 33.4 Å². The first-order chi connectivity index (χ1) is 16.8. The Balaban J connectivity index is 1.51. The lowest BCUT2D eigenvalue weighted by atomic mass is 10.0. The fraction of sp³-hybridized carbons (Fsp3) is 0.154.